The fourth-order valence-electron chi connectivity index (χ4n) is 3.20. The number of nitrogens with one attached hydrogen (secondary N) is 1. The molecule has 1 aromatic carbocycles. The van der Waals surface area contributed by atoms with Crippen LogP contribution in [-0.2, 0) is 9.53 Å². The summed E-state index contributed by atoms with van der Waals surface area (Å²) >= 11 is 0. The van der Waals surface area contributed by atoms with Gasteiger partial charge in [0, 0.05) is 44.6 Å². The Morgan fingerprint density at radius 2 is 1.78 bits per heavy atom. The largest absolute Gasteiger partial charge is 0.449 e. The molecule has 0 bridgehead atoms. The van der Waals surface area contributed by atoms with E-state index in [-0.39, 0.29) is 17.9 Å². The Kier molecular flexibility index (Phi) is 4.97. The van der Waals surface area contributed by atoms with E-state index in [4.69, 9.17) is 14.2 Å². The first kappa shape index (κ1) is 19.3. The smallest absolute Gasteiger partial charge is 0.410 e. The molecule has 1 aromatic rings. The number of anilines is 1. The van der Waals surface area contributed by atoms with Crippen molar-refractivity contribution in [2.24, 2.45) is 5.92 Å². The summed E-state index contributed by atoms with van der Waals surface area (Å²) in [5.41, 5.74) is 0.161. The van der Waals surface area contributed by atoms with Crippen LogP contribution in [0.1, 0.15) is 47.5 Å². The van der Waals surface area contributed by atoms with Gasteiger partial charge in [0.25, 0.3) is 0 Å². The molecule has 1 saturated heterocycles. The van der Waals surface area contributed by atoms with E-state index in [1.54, 1.807) is 23.1 Å². The second kappa shape index (κ2) is 6.94. The van der Waals surface area contributed by atoms with Gasteiger partial charge >= 0.3 is 6.09 Å². The summed E-state index contributed by atoms with van der Waals surface area (Å²) in [6.07, 6.45) is 0.908. The molecule has 0 unspecified atom stereocenters. The van der Waals surface area contributed by atoms with Crippen molar-refractivity contribution >= 4 is 17.7 Å². The van der Waals surface area contributed by atoms with Gasteiger partial charge in [0.1, 0.15) is 5.60 Å². The van der Waals surface area contributed by atoms with E-state index in [1.807, 2.05) is 34.6 Å². The highest BCUT2D eigenvalue weighted by Gasteiger charge is 2.33. The zero-order chi connectivity index (χ0) is 19.8. The molecule has 1 fully saturated rings. The molecule has 0 atom stereocenters. The Morgan fingerprint density at radius 3 is 2.41 bits per heavy atom. The molecule has 148 valence electrons. The van der Waals surface area contributed by atoms with Gasteiger partial charge in [0.2, 0.25) is 11.7 Å². The maximum Gasteiger partial charge on any atom is 0.410 e. The minimum absolute atomic E-state index is 0.0445. The van der Waals surface area contributed by atoms with Crippen LogP contribution in [0.4, 0.5) is 10.5 Å². The van der Waals surface area contributed by atoms with Crippen LogP contribution in [0.15, 0.2) is 18.2 Å². The van der Waals surface area contributed by atoms with Crippen LogP contribution >= 0.6 is 0 Å². The monoisotopic (exact) mass is 376 g/mol. The fourth-order valence-corrected chi connectivity index (χ4v) is 3.20. The Hall–Kier alpha value is -2.44. The first-order valence-electron chi connectivity index (χ1n) is 9.33. The number of hydrogen-bond donors (Lipinski definition) is 1. The van der Waals surface area contributed by atoms with Crippen molar-refractivity contribution in [3.8, 4) is 11.5 Å². The third kappa shape index (κ3) is 4.84. The molecule has 2 amide bonds. The highest BCUT2D eigenvalue weighted by molar-refractivity contribution is 5.93. The SMILES string of the molecule is CC(C)(C)OC(=O)N1CCC(C(=O)Nc2ccc3c(c2)OC(C)(C)O3)CC1. The van der Waals surface area contributed by atoms with Crippen molar-refractivity contribution in [1.82, 2.24) is 4.90 Å². The normalized spacial score (nSPS) is 18.9. The Labute approximate surface area is 160 Å². The summed E-state index contributed by atoms with van der Waals surface area (Å²) < 4.78 is 16.8. The minimum Gasteiger partial charge on any atom is -0.449 e. The van der Waals surface area contributed by atoms with Gasteiger partial charge in [-0.1, -0.05) is 0 Å². The van der Waals surface area contributed by atoms with Crippen LogP contribution in [0.5, 0.6) is 11.5 Å². The number of likely N-dealkylation sites (tertiary alicyclic amines) is 1. The van der Waals surface area contributed by atoms with E-state index in [9.17, 15) is 9.59 Å². The lowest BCUT2D eigenvalue weighted by Gasteiger charge is -2.32. The second-order valence-electron chi connectivity index (χ2n) is 8.50. The summed E-state index contributed by atoms with van der Waals surface area (Å²) in [6, 6.07) is 5.37. The van der Waals surface area contributed by atoms with Gasteiger partial charge in [0.05, 0.1) is 0 Å². The van der Waals surface area contributed by atoms with Crippen molar-refractivity contribution in [2.75, 3.05) is 18.4 Å². The van der Waals surface area contributed by atoms with Gasteiger partial charge < -0.3 is 24.4 Å². The Balaban J connectivity index is 1.53. The zero-order valence-corrected chi connectivity index (χ0v) is 16.6. The molecule has 0 spiro atoms. The molecular weight excluding hydrogens is 348 g/mol. The number of ether oxygens (including phenoxy) is 3. The van der Waals surface area contributed by atoms with Gasteiger partial charge in [0.15, 0.2) is 11.5 Å². The van der Waals surface area contributed by atoms with Crippen molar-refractivity contribution in [3.63, 3.8) is 0 Å². The lowest BCUT2D eigenvalue weighted by molar-refractivity contribution is -0.121. The highest BCUT2D eigenvalue weighted by Crippen LogP contribution is 2.40. The van der Waals surface area contributed by atoms with Crippen LogP contribution in [0.25, 0.3) is 0 Å². The van der Waals surface area contributed by atoms with E-state index < -0.39 is 11.4 Å². The molecule has 0 saturated carbocycles. The topological polar surface area (TPSA) is 77.1 Å². The number of fused-ring (bicyclic) bond motifs is 1. The van der Waals surface area contributed by atoms with E-state index in [0.717, 1.165) is 0 Å². The summed E-state index contributed by atoms with van der Waals surface area (Å²) in [6.45, 7) is 10.2. The van der Waals surface area contributed by atoms with Crippen LogP contribution in [0.3, 0.4) is 0 Å². The molecule has 1 N–H and O–H groups in total. The Morgan fingerprint density at radius 1 is 1.15 bits per heavy atom. The Bertz CT molecular complexity index is 730. The van der Waals surface area contributed by atoms with Gasteiger partial charge in [-0.15, -0.1) is 0 Å². The molecule has 0 aromatic heterocycles. The van der Waals surface area contributed by atoms with Crippen LogP contribution in [0.2, 0.25) is 0 Å². The number of amides is 2. The molecule has 2 aliphatic heterocycles. The summed E-state index contributed by atoms with van der Waals surface area (Å²) in [5, 5.41) is 2.94. The highest BCUT2D eigenvalue weighted by atomic mass is 16.7. The minimum atomic E-state index is -0.695. The number of carbonyl (C=O) groups excluding carboxylic acids is 2. The molecule has 0 aliphatic carbocycles. The van der Waals surface area contributed by atoms with Crippen LogP contribution < -0.4 is 14.8 Å². The lowest BCUT2D eigenvalue weighted by atomic mass is 9.96. The average Bonchev–Trinajstić information content (AvgIpc) is 2.86. The molecule has 2 heterocycles. The van der Waals surface area contributed by atoms with Crippen LogP contribution in [0, 0.1) is 5.92 Å². The van der Waals surface area contributed by atoms with Gasteiger partial charge in [-0.25, -0.2) is 4.79 Å². The van der Waals surface area contributed by atoms with Crippen molar-refractivity contribution < 1.29 is 23.8 Å². The molecule has 3 rings (SSSR count). The summed E-state index contributed by atoms with van der Waals surface area (Å²) in [4.78, 5) is 26.4. The fraction of sp³-hybridized carbons (Fsp3) is 0.600. The molecular formula is C20H28N2O5. The number of rotatable bonds is 2. The van der Waals surface area contributed by atoms with Gasteiger partial charge in [-0.2, -0.15) is 0 Å². The predicted octanol–water partition coefficient (Wildman–Crippen LogP) is 3.78. The number of benzene rings is 1. The standard InChI is InChI=1S/C20H28N2O5/c1-19(2,3)27-18(24)22-10-8-13(9-11-22)17(23)21-14-6-7-15-16(12-14)26-20(4,5)25-15/h6-7,12-13H,8-11H2,1-5H3,(H,21,23). The number of nitrogens with zero attached hydrogens (tertiary/aromatic N) is 1. The van der Waals surface area contributed by atoms with Crippen molar-refractivity contribution in [1.29, 1.82) is 0 Å². The number of piperidine rings is 1. The molecule has 27 heavy (non-hydrogen) atoms. The van der Waals surface area contributed by atoms with Gasteiger partial charge in [-0.05, 0) is 45.7 Å². The maximum atomic E-state index is 12.6. The number of carbonyl (C=O) groups is 2. The third-order valence-corrected chi connectivity index (χ3v) is 4.44. The molecule has 7 nitrogen and oxygen atoms in total. The maximum absolute atomic E-state index is 12.6. The third-order valence-electron chi connectivity index (χ3n) is 4.44. The van der Waals surface area contributed by atoms with E-state index in [0.29, 0.717) is 43.1 Å². The van der Waals surface area contributed by atoms with Crippen molar-refractivity contribution in [2.45, 2.75) is 58.8 Å². The molecule has 0 radical (unpaired) electrons. The first-order valence-corrected chi connectivity index (χ1v) is 9.33. The molecule has 2 aliphatic rings. The predicted molar refractivity (Wildman–Crippen MR) is 101 cm³/mol. The average molecular weight is 376 g/mol. The lowest BCUT2D eigenvalue weighted by Crippen LogP contribution is -2.43. The zero-order valence-electron chi connectivity index (χ0n) is 16.6. The second-order valence-corrected chi connectivity index (χ2v) is 8.50. The molecule has 7 heteroatoms. The summed E-state index contributed by atoms with van der Waals surface area (Å²) in [5.74, 6) is 0.420. The van der Waals surface area contributed by atoms with E-state index in [1.165, 1.54) is 0 Å². The first-order chi connectivity index (χ1) is 12.5. The quantitative estimate of drug-likeness (QED) is 0.850. The van der Waals surface area contributed by atoms with Crippen LogP contribution in [-0.4, -0.2) is 41.4 Å². The van der Waals surface area contributed by atoms with E-state index >= 15 is 0 Å². The van der Waals surface area contributed by atoms with Crippen molar-refractivity contribution in [3.05, 3.63) is 18.2 Å². The number of hydrogen-bond acceptors (Lipinski definition) is 5. The summed E-state index contributed by atoms with van der Waals surface area (Å²) in [7, 11) is 0. The van der Waals surface area contributed by atoms with E-state index in [2.05, 4.69) is 5.32 Å². The van der Waals surface area contributed by atoms with Gasteiger partial charge in [-0.3, -0.25) is 4.79 Å².